The van der Waals surface area contributed by atoms with Gasteiger partial charge in [0, 0.05) is 24.1 Å². The van der Waals surface area contributed by atoms with Gasteiger partial charge in [-0.25, -0.2) is 0 Å². The standard InChI is InChI=1S/C16H16ClNO4/c1-21-12-7-4-10(16(19)20)8-13-14(12)15(18-22-13)9-2-5-11(17)6-3-9/h2-3,5-6,10,12H,4,7-8H2,1H3,(H,19,20)/t10-,12-/m0/s1. The first-order valence-corrected chi connectivity index (χ1v) is 7.48. The number of carboxylic acids is 1. The van der Waals surface area contributed by atoms with Gasteiger partial charge in [0.15, 0.2) is 0 Å². The molecule has 1 aliphatic rings. The largest absolute Gasteiger partial charge is 0.481 e. The maximum absolute atomic E-state index is 11.3. The number of hydrogen-bond acceptors (Lipinski definition) is 4. The van der Waals surface area contributed by atoms with Crippen LogP contribution in [0.15, 0.2) is 28.8 Å². The number of nitrogens with zero attached hydrogens (tertiary/aromatic N) is 1. The van der Waals surface area contributed by atoms with E-state index in [1.165, 1.54) is 0 Å². The molecule has 5 nitrogen and oxygen atoms in total. The minimum Gasteiger partial charge on any atom is -0.481 e. The minimum absolute atomic E-state index is 0.212. The highest BCUT2D eigenvalue weighted by molar-refractivity contribution is 6.30. The molecular weight excluding hydrogens is 306 g/mol. The second-order valence-corrected chi connectivity index (χ2v) is 5.85. The number of hydrogen-bond donors (Lipinski definition) is 1. The lowest BCUT2D eigenvalue weighted by Crippen LogP contribution is -2.15. The van der Waals surface area contributed by atoms with Gasteiger partial charge >= 0.3 is 5.97 Å². The van der Waals surface area contributed by atoms with Gasteiger partial charge in [-0.2, -0.15) is 0 Å². The summed E-state index contributed by atoms with van der Waals surface area (Å²) in [6, 6.07) is 7.31. The lowest BCUT2D eigenvalue weighted by atomic mass is 10.0. The van der Waals surface area contributed by atoms with E-state index >= 15 is 0 Å². The van der Waals surface area contributed by atoms with Crippen molar-refractivity contribution < 1.29 is 19.2 Å². The van der Waals surface area contributed by atoms with Gasteiger partial charge in [0.25, 0.3) is 0 Å². The van der Waals surface area contributed by atoms with E-state index in [1.807, 2.05) is 12.1 Å². The topological polar surface area (TPSA) is 72.6 Å². The molecule has 1 N–H and O–H groups in total. The van der Waals surface area contributed by atoms with Crippen LogP contribution >= 0.6 is 11.6 Å². The predicted molar refractivity (Wildman–Crippen MR) is 80.8 cm³/mol. The lowest BCUT2D eigenvalue weighted by Gasteiger charge is -2.14. The smallest absolute Gasteiger partial charge is 0.306 e. The second kappa shape index (κ2) is 6.10. The molecule has 1 aliphatic carbocycles. The highest BCUT2D eigenvalue weighted by Gasteiger charge is 2.33. The van der Waals surface area contributed by atoms with Crippen molar-refractivity contribution in [3.05, 3.63) is 40.6 Å². The molecule has 116 valence electrons. The van der Waals surface area contributed by atoms with E-state index in [0.717, 1.165) is 11.1 Å². The van der Waals surface area contributed by atoms with Gasteiger partial charge < -0.3 is 14.4 Å². The molecule has 0 amide bonds. The van der Waals surface area contributed by atoms with Crippen molar-refractivity contribution in [3.63, 3.8) is 0 Å². The average Bonchev–Trinajstić information content (AvgIpc) is 2.82. The van der Waals surface area contributed by atoms with Crippen molar-refractivity contribution >= 4 is 17.6 Å². The summed E-state index contributed by atoms with van der Waals surface area (Å²) in [5.74, 6) is -0.682. The molecule has 0 fully saturated rings. The van der Waals surface area contributed by atoms with E-state index in [0.29, 0.717) is 35.7 Å². The molecule has 0 saturated carbocycles. The summed E-state index contributed by atoms with van der Waals surface area (Å²) in [6.07, 6.45) is 1.31. The van der Waals surface area contributed by atoms with Gasteiger partial charge in [0.2, 0.25) is 0 Å². The number of benzene rings is 1. The van der Waals surface area contributed by atoms with Crippen LogP contribution in [0.4, 0.5) is 0 Å². The van der Waals surface area contributed by atoms with E-state index in [2.05, 4.69) is 5.16 Å². The Hall–Kier alpha value is -1.85. The van der Waals surface area contributed by atoms with Crippen LogP contribution in [0.5, 0.6) is 0 Å². The summed E-state index contributed by atoms with van der Waals surface area (Å²) in [5, 5.41) is 14.1. The third-order valence-electron chi connectivity index (χ3n) is 4.09. The molecule has 0 saturated heterocycles. The summed E-state index contributed by atoms with van der Waals surface area (Å²) in [5.41, 5.74) is 2.43. The van der Waals surface area contributed by atoms with Crippen molar-refractivity contribution in [2.24, 2.45) is 5.92 Å². The molecule has 0 bridgehead atoms. The Morgan fingerprint density at radius 2 is 2.09 bits per heavy atom. The third-order valence-corrected chi connectivity index (χ3v) is 4.34. The molecule has 1 aromatic carbocycles. The van der Waals surface area contributed by atoms with Crippen LogP contribution < -0.4 is 0 Å². The van der Waals surface area contributed by atoms with Crippen LogP contribution in [0.3, 0.4) is 0 Å². The average molecular weight is 322 g/mol. The molecule has 3 rings (SSSR count). The molecule has 0 unspecified atom stereocenters. The van der Waals surface area contributed by atoms with E-state index in [9.17, 15) is 9.90 Å². The number of ether oxygens (including phenoxy) is 1. The first kappa shape index (κ1) is 15.1. The molecule has 1 heterocycles. The van der Waals surface area contributed by atoms with Gasteiger partial charge in [-0.3, -0.25) is 4.79 Å². The van der Waals surface area contributed by atoms with Gasteiger partial charge in [0.1, 0.15) is 11.5 Å². The number of carboxylic acid groups (broad SMARTS) is 1. The van der Waals surface area contributed by atoms with E-state index < -0.39 is 11.9 Å². The normalized spacial score (nSPS) is 21.2. The van der Waals surface area contributed by atoms with Crippen molar-refractivity contribution in [2.75, 3.05) is 7.11 Å². The fraction of sp³-hybridized carbons (Fsp3) is 0.375. The van der Waals surface area contributed by atoms with Crippen LogP contribution in [0, 0.1) is 5.92 Å². The number of halogens is 1. The van der Waals surface area contributed by atoms with E-state index in [1.54, 1.807) is 19.2 Å². The minimum atomic E-state index is -0.813. The van der Waals surface area contributed by atoms with E-state index in [4.69, 9.17) is 20.9 Å². The monoisotopic (exact) mass is 321 g/mol. The first-order valence-electron chi connectivity index (χ1n) is 7.10. The number of aromatic nitrogens is 1. The SMILES string of the molecule is CO[C@H]1CC[C@H](C(=O)O)Cc2onc(-c3ccc(Cl)cc3)c21. The Labute approximate surface area is 132 Å². The first-order chi connectivity index (χ1) is 10.6. The molecule has 6 heteroatoms. The molecule has 22 heavy (non-hydrogen) atoms. The number of carbonyl (C=O) groups is 1. The van der Waals surface area contributed by atoms with Gasteiger partial charge in [-0.05, 0) is 25.0 Å². The third kappa shape index (κ3) is 2.74. The van der Waals surface area contributed by atoms with E-state index in [-0.39, 0.29) is 6.10 Å². The molecule has 2 aromatic rings. The molecular formula is C16H16ClNO4. The lowest BCUT2D eigenvalue weighted by molar-refractivity contribution is -0.142. The maximum Gasteiger partial charge on any atom is 0.306 e. The van der Waals surface area contributed by atoms with Crippen molar-refractivity contribution in [2.45, 2.75) is 25.4 Å². The van der Waals surface area contributed by atoms with Crippen molar-refractivity contribution in [1.29, 1.82) is 0 Å². The van der Waals surface area contributed by atoms with Gasteiger partial charge in [-0.15, -0.1) is 0 Å². The molecule has 0 spiro atoms. The summed E-state index contributed by atoms with van der Waals surface area (Å²) >= 11 is 5.92. The number of methoxy groups -OCH3 is 1. The van der Waals surface area contributed by atoms with Crippen LogP contribution in [0.25, 0.3) is 11.3 Å². The highest BCUT2D eigenvalue weighted by atomic mass is 35.5. The van der Waals surface area contributed by atoms with Crippen LogP contribution in [-0.4, -0.2) is 23.3 Å². The molecule has 0 radical (unpaired) electrons. The molecule has 1 aromatic heterocycles. The van der Waals surface area contributed by atoms with Crippen LogP contribution in [-0.2, 0) is 16.0 Å². The second-order valence-electron chi connectivity index (χ2n) is 5.42. The maximum atomic E-state index is 11.3. The molecule has 2 atom stereocenters. The predicted octanol–water partition coefficient (Wildman–Crippen LogP) is 3.72. The van der Waals surface area contributed by atoms with Gasteiger partial charge in [0.05, 0.1) is 17.6 Å². The summed E-state index contributed by atoms with van der Waals surface area (Å²) < 4.78 is 11.0. The molecule has 0 aliphatic heterocycles. The van der Waals surface area contributed by atoms with Crippen LogP contribution in [0.1, 0.15) is 30.3 Å². The number of rotatable bonds is 3. The zero-order valence-corrected chi connectivity index (χ0v) is 12.8. The Morgan fingerprint density at radius 1 is 1.36 bits per heavy atom. The number of aliphatic carboxylic acids is 1. The zero-order chi connectivity index (χ0) is 15.7. The Morgan fingerprint density at radius 3 is 2.73 bits per heavy atom. The van der Waals surface area contributed by atoms with Crippen LogP contribution in [0.2, 0.25) is 5.02 Å². The zero-order valence-electron chi connectivity index (χ0n) is 12.1. The summed E-state index contributed by atoms with van der Waals surface area (Å²) in [4.78, 5) is 11.3. The van der Waals surface area contributed by atoms with Crippen molar-refractivity contribution in [3.8, 4) is 11.3 Å². The van der Waals surface area contributed by atoms with Gasteiger partial charge in [-0.1, -0.05) is 28.9 Å². The highest BCUT2D eigenvalue weighted by Crippen LogP contribution is 2.39. The fourth-order valence-corrected chi connectivity index (χ4v) is 3.02. The Balaban J connectivity index is 2.05. The Kier molecular flexibility index (Phi) is 4.18. The fourth-order valence-electron chi connectivity index (χ4n) is 2.90. The van der Waals surface area contributed by atoms with Crippen molar-refractivity contribution in [1.82, 2.24) is 5.16 Å². The summed E-state index contributed by atoms with van der Waals surface area (Å²) in [6.45, 7) is 0. The number of fused-ring (bicyclic) bond motifs is 1. The Bertz CT molecular complexity index is 680. The quantitative estimate of drug-likeness (QED) is 0.872. The summed E-state index contributed by atoms with van der Waals surface area (Å²) in [7, 11) is 1.62.